The fourth-order valence-electron chi connectivity index (χ4n) is 2.62. The van der Waals surface area contributed by atoms with Gasteiger partial charge in [-0.15, -0.1) is 0 Å². The topological polar surface area (TPSA) is 49.5 Å². The number of nitrogens with two attached hydrogens (primary N) is 1. The number of aliphatic hydroxyl groups is 1. The monoisotopic (exact) mass is 252 g/mol. The van der Waals surface area contributed by atoms with Gasteiger partial charge in [-0.1, -0.05) is 0 Å². The average Bonchev–Trinajstić information content (AvgIpc) is 2.40. The lowest BCUT2D eigenvalue weighted by molar-refractivity contribution is 0.00800. The molecule has 0 spiro atoms. The van der Waals surface area contributed by atoms with Crippen LogP contribution < -0.4 is 10.6 Å². The summed E-state index contributed by atoms with van der Waals surface area (Å²) in [6.45, 7) is 0.333. The molecule has 0 unspecified atom stereocenters. The van der Waals surface area contributed by atoms with Gasteiger partial charge in [0.15, 0.2) is 0 Å². The molecule has 1 aromatic carbocycles. The van der Waals surface area contributed by atoms with Crippen molar-refractivity contribution in [3.05, 3.63) is 30.1 Å². The Morgan fingerprint density at radius 1 is 1.33 bits per heavy atom. The Kier molecular flexibility index (Phi) is 3.88. The molecule has 0 aliphatic heterocycles. The molecule has 1 saturated carbocycles. The number of hydrogen-bond acceptors (Lipinski definition) is 3. The van der Waals surface area contributed by atoms with Crippen LogP contribution in [-0.2, 0) is 0 Å². The number of benzene rings is 1. The first-order valence-electron chi connectivity index (χ1n) is 6.45. The minimum atomic E-state index is -0.680. The summed E-state index contributed by atoms with van der Waals surface area (Å²) >= 11 is 0. The SMILES string of the molecule is CN(c1ccc(F)cc1)C1CCC(O)(CN)CC1. The van der Waals surface area contributed by atoms with E-state index >= 15 is 0 Å². The Hall–Kier alpha value is -1.13. The molecule has 0 radical (unpaired) electrons. The predicted octanol–water partition coefficient (Wildman–Crippen LogP) is 1.89. The number of halogens is 1. The van der Waals surface area contributed by atoms with Crippen molar-refractivity contribution in [2.24, 2.45) is 5.73 Å². The van der Waals surface area contributed by atoms with Crippen molar-refractivity contribution in [1.82, 2.24) is 0 Å². The van der Waals surface area contributed by atoms with E-state index in [4.69, 9.17) is 5.73 Å². The van der Waals surface area contributed by atoms with Crippen molar-refractivity contribution in [3.63, 3.8) is 0 Å². The first-order chi connectivity index (χ1) is 8.54. The van der Waals surface area contributed by atoms with Crippen molar-refractivity contribution in [3.8, 4) is 0 Å². The van der Waals surface area contributed by atoms with Gasteiger partial charge in [-0.3, -0.25) is 0 Å². The third-order valence-electron chi connectivity index (χ3n) is 4.05. The summed E-state index contributed by atoms with van der Waals surface area (Å²) in [7, 11) is 2.02. The Balaban J connectivity index is 1.99. The maximum Gasteiger partial charge on any atom is 0.123 e. The summed E-state index contributed by atoms with van der Waals surface area (Å²) in [5.74, 6) is -0.215. The van der Waals surface area contributed by atoms with Gasteiger partial charge in [-0.2, -0.15) is 0 Å². The molecule has 1 aliphatic carbocycles. The zero-order chi connectivity index (χ0) is 13.2. The molecule has 1 aliphatic rings. The maximum atomic E-state index is 12.9. The van der Waals surface area contributed by atoms with Gasteiger partial charge in [0.05, 0.1) is 5.60 Å². The van der Waals surface area contributed by atoms with Crippen molar-refractivity contribution in [2.45, 2.75) is 37.3 Å². The van der Waals surface area contributed by atoms with Crippen LogP contribution in [0.5, 0.6) is 0 Å². The molecule has 2 rings (SSSR count). The minimum Gasteiger partial charge on any atom is -0.389 e. The lowest BCUT2D eigenvalue weighted by atomic mass is 9.81. The van der Waals surface area contributed by atoms with E-state index in [0.717, 1.165) is 31.4 Å². The van der Waals surface area contributed by atoms with Gasteiger partial charge in [0, 0.05) is 25.3 Å². The van der Waals surface area contributed by atoms with E-state index in [0.29, 0.717) is 12.6 Å². The van der Waals surface area contributed by atoms with E-state index < -0.39 is 5.60 Å². The van der Waals surface area contributed by atoms with Crippen molar-refractivity contribution in [2.75, 3.05) is 18.5 Å². The van der Waals surface area contributed by atoms with Crippen LogP contribution in [0.4, 0.5) is 10.1 Å². The largest absolute Gasteiger partial charge is 0.389 e. The Morgan fingerprint density at radius 2 is 1.89 bits per heavy atom. The Bertz CT molecular complexity index is 385. The van der Waals surface area contributed by atoms with Gasteiger partial charge in [-0.25, -0.2) is 4.39 Å². The highest BCUT2D eigenvalue weighted by atomic mass is 19.1. The van der Waals surface area contributed by atoms with E-state index in [1.165, 1.54) is 12.1 Å². The zero-order valence-electron chi connectivity index (χ0n) is 10.8. The molecule has 0 heterocycles. The van der Waals surface area contributed by atoms with E-state index in [1.807, 2.05) is 7.05 Å². The summed E-state index contributed by atoms with van der Waals surface area (Å²) in [5.41, 5.74) is 5.91. The fraction of sp³-hybridized carbons (Fsp3) is 0.571. The molecule has 0 atom stereocenters. The van der Waals surface area contributed by atoms with Crippen LogP contribution in [0.15, 0.2) is 24.3 Å². The predicted molar refractivity (Wildman–Crippen MR) is 71.1 cm³/mol. The first kappa shape index (κ1) is 13.3. The van der Waals surface area contributed by atoms with Crippen LogP contribution in [0.3, 0.4) is 0 Å². The average molecular weight is 252 g/mol. The number of anilines is 1. The molecular weight excluding hydrogens is 231 g/mol. The molecular formula is C14H21FN2O. The Labute approximate surface area is 107 Å². The molecule has 0 bridgehead atoms. The molecule has 4 heteroatoms. The van der Waals surface area contributed by atoms with Gasteiger partial charge >= 0.3 is 0 Å². The standard InChI is InChI=1S/C14H21FN2O/c1-17(12-4-2-11(15)3-5-12)13-6-8-14(18,10-16)9-7-13/h2-5,13,18H,6-10,16H2,1H3. The summed E-state index contributed by atoms with van der Waals surface area (Å²) in [6, 6.07) is 6.93. The molecule has 0 amide bonds. The quantitative estimate of drug-likeness (QED) is 0.863. The summed E-state index contributed by atoms with van der Waals surface area (Å²) in [6.07, 6.45) is 3.31. The van der Waals surface area contributed by atoms with Crippen molar-refractivity contribution in [1.29, 1.82) is 0 Å². The molecule has 3 nitrogen and oxygen atoms in total. The van der Waals surface area contributed by atoms with Crippen molar-refractivity contribution >= 4 is 5.69 Å². The highest BCUT2D eigenvalue weighted by Gasteiger charge is 2.33. The van der Waals surface area contributed by atoms with Crippen LogP contribution in [0, 0.1) is 5.82 Å². The number of nitrogens with zero attached hydrogens (tertiary/aromatic N) is 1. The lowest BCUT2D eigenvalue weighted by Gasteiger charge is -2.39. The second kappa shape index (κ2) is 5.24. The third-order valence-corrected chi connectivity index (χ3v) is 4.05. The second-order valence-electron chi connectivity index (χ2n) is 5.25. The smallest absolute Gasteiger partial charge is 0.123 e. The van der Waals surface area contributed by atoms with E-state index in [9.17, 15) is 9.50 Å². The van der Waals surface area contributed by atoms with Crippen molar-refractivity contribution < 1.29 is 9.50 Å². The number of hydrogen-bond donors (Lipinski definition) is 2. The van der Waals surface area contributed by atoms with Crippen LogP contribution in [0.25, 0.3) is 0 Å². The molecule has 100 valence electrons. The van der Waals surface area contributed by atoms with Gasteiger partial charge in [0.2, 0.25) is 0 Å². The summed E-state index contributed by atoms with van der Waals surface area (Å²) < 4.78 is 12.9. The molecule has 0 saturated heterocycles. The molecule has 1 aromatic rings. The van der Waals surface area contributed by atoms with Crippen LogP contribution in [0.2, 0.25) is 0 Å². The van der Waals surface area contributed by atoms with Crippen LogP contribution in [0.1, 0.15) is 25.7 Å². The van der Waals surface area contributed by atoms with Gasteiger partial charge in [0.25, 0.3) is 0 Å². The molecule has 0 aromatic heterocycles. The highest BCUT2D eigenvalue weighted by molar-refractivity contribution is 5.46. The fourth-order valence-corrected chi connectivity index (χ4v) is 2.62. The minimum absolute atomic E-state index is 0.215. The van der Waals surface area contributed by atoms with Crippen LogP contribution in [-0.4, -0.2) is 30.3 Å². The number of rotatable bonds is 3. The first-order valence-corrected chi connectivity index (χ1v) is 6.45. The van der Waals surface area contributed by atoms with Gasteiger partial charge in [-0.05, 0) is 49.9 Å². The van der Waals surface area contributed by atoms with Gasteiger partial charge < -0.3 is 15.7 Å². The zero-order valence-corrected chi connectivity index (χ0v) is 10.8. The summed E-state index contributed by atoms with van der Waals surface area (Å²) in [4.78, 5) is 2.16. The molecule has 18 heavy (non-hydrogen) atoms. The van der Waals surface area contributed by atoms with E-state index in [2.05, 4.69) is 4.90 Å². The third kappa shape index (κ3) is 2.82. The lowest BCUT2D eigenvalue weighted by Crippen LogP contribution is -2.46. The molecule has 3 N–H and O–H groups in total. The van der Waals surface area contributed by atoms with E-state index in [1.54, 1.807) is 12.1 Å². The maximum absolute atomic E-state index is 12.9. The summed E-state index contributed by atoms with van der Waals surface area (Å²) in [5, 5.41) is 10.1. The van der Waals surface area contributed by atoms with Crippen LogP contribution >= 0.6 is 0 Å². The van der Waals surface area contributed by atoms with E-state index in [-0.39, 0.29) is 5.82 Å². The highest BCUT2D eigenvalue weighted by Crippen LogP contribution is 2.31. The normalized spacial score (nSPS) is 28.1. The second-order valence-corrected chi connectivity index (χ2v) is 5.25. The van der Waals surface area contributed by atoms with Gasteiger partial charge in [0.1, 0.15) is 5.82 Å². The Morgan fingerprint density at radius 3 is 2.39 bits per heavy atom. The molecule has 1 fully saturated rings.